The van der Waals surface area contributed by atoms with Gasteiger partial charge in [-0.3, -0.25) is 14.5 Å². The Bertz CT molecular complexity index is 593. The zero-order valence-corrected chi connectivity index (χ0v) is 14.1. The molecule has 2 amide bonds. The Morgan fingerprint density at radius 1 is 1.24 bits per heavy atom. The van der Waals surface area contributed by atoms with Crippen molar-refractivity contribution in [1.29, 1.82) is 0 Å². The molecule has 0 spiro atoms. The summed E-state index contributed by atoms with van der Waals surface area (Å²) in [5, 5.41) is 0.669. The number of thioether (sulfide) groups is 1. The van der Waals surface area contributed by atoms with Crippen molar-refractivity contribution in [3.8, 4) is 0 Å². The predicted octanol–water partition coefficient (Wildman–Crippen LogP) is 5.08. The van der Waals surface area contributed by atoms with Crippen molar-refractivity contribution < 1.29 is 9.59 Å². The number of hydrogen-bond donors (Lipinski definition) is 0. The number of rotatable bonds is 4. The Morgan fingerprint density at radius 2 is 1.86 bits per heavy atom. The summed E-state index contributed by atoms with van der Waals surface area (Å²) in [6.45, 7) is 4.55. The van der Waals surface area contributed by atoms with Gasteiger partial charge in [0.1, 0.15) is 0 Å². The molecule has 0 saturated carbocycles. The Hall–Kier alpha value is -0.970. The first-order valence-electron chi connectivity index (χ1n) is 6.59. The van der Waals surface area contributed by atoms with Crippen molar-refractivity contribution in [2.45, 2.75) is 20.3 Å². The number of benzene rings is 1. The maximum Gasteiger partial charge on any atom is 0.293 e. The van der Waals surface area contributed by atoms with E-state index in [1.807, 2.05) is 0 Å². The lowest BCUT2D eigenvalue weighted by Crippen LogP contribution is -2.29. The van der Waals surface area contributed by atoms with Gasteiger partial charge in [-0.1, -0.05) is 43.1 Å². The second kappa shape index (κ2) is 6.86. The molecule has 1 heterocycles. The SMILES string of the molecule is CC(C)CCN1C(=O)S/C(=C\c2c(Cl)cccc2Cl)C1=O. The van der Waals surface area contributed by atoms with Gasteiger partial charge in [0.15, 0.2) is 0 Å². The lowest BCUT2D eigenvalue weighted by atomic mass is 10.1. The smallest absolute Gasteiger partial charge is 0.268 e. The van der Waals surface area contributed by atoms with E-state index in [0.717, 1.165) is 18.2 Å². The second-order valence-electron chi connectivity index (χ2n) is 5.15. The Balaban J connectivity index is 2.24. The van der Waals surface area contributed by atoms with Gasteiger partial charge in [0.05, 0.1) is 4.91 Å². The van der Waals surface area contributed by atoms with Crippen molar-refractivity contribution in [3.05, 3.63) is 38.7 Å². The van der Waals surface area contributed by atoms with E-state index >= 15 is 0 Å². The molecule has 0 aromatic heterocycles. The maximum absolute atomic E-state index is 12.3. The van der Waals surface area contributed by atoms with Crippen LogP contribution in [0.4, 0.5) is 4.79 Å². The first kappa shape index (κ1) is 16.4. The first-order chi connectivity index (χ1) is 9.90. The molecule has 0 N–H and O–H groups in total. The maximum atomic E-state index is 12.3. The molecule has 1 aliphatic heterocycles. The minimum Gasteiger partial charge on any atom is -0.268 e. The van der Waals surface area contributed by atoms with Crippen LogP contribution in [-0.2, 0) is 4.79 Å². The summed E-state index contributed by atoms with van der Waals surface area (Å²) in [6, 6.07) is 5.13. The highest BCUT2D eigenvalue weighted by Crippen LogP contribution is 2.35. The molecule has 1 aromatic rings. The van der Waals surface area contributed by atoms with Gasteiger partial charge in [0.2, 0.25) is 0 Å². The van der Waals surface area contributed by atoms with Gasteiger partial charge in [0, 0.05) is 22.2 Å². The second-order valence-corrected chi connectivity index (χ2v) is 6.96. The number of amides is 2. The van der Waals surface area contributed by atoms with Gasteiger partial charge in [-0.05, 0) is 42.3 Å². The third-order valence-electron chi connectivity index (χ3n) is 3.08. The summed E-state index contributed by atoms with van der Waals surface area (Å²) >= 11 is 13.1. The summed E-state index contributed by atoms with van der Waals surface area (Å²) in [5.41, 5.74) is 0.565. The number of imide groups is 1. The molecular formula is C15H15Cl2NO2S. The number of carbonyl (C=O) groups excluding carboxylic acids is 2. The van der Waals surface area contributed by atoms with Crippen LogP contribution in [-0.4, -0.2) is 22.6 Å². The van der Waals surface area contributed by atoms with E-state index in [1.54, 1.807) is 24.3 Å². The third kappa shape index (κ3) is 3.82. The summed E-state index contributed by atoms with van der Waals surface area (Å²) < 4.78 is 0. The first-order valence-corrected chi connectivity index (χ1v) is 8.16. The van der Waals surface area contributed by atoms with Crippen molar-refractivity contribution in [3.63, 3.8) is 0 Å². The minimum absolute atomic E-state index is 0.241. The van der Waals surface area contributed by atoms with Gasteiger partial charge in [-0.25, -0.2) is 0 Å². The van der Waals surface area contributed by atoms with Crippen LogP contribution in [0.15, 0.2) is 23.1 Å². The van der Waals surface area contributed by atoms with Crippen LogP contribution < -0.4 is 0 Å². The predicted molar refractivity (Wildman–Crippen MR) is 88.6 cm³/mol. The lowest BCUT2D eigenvalue weighted by molar-refractivity contribution is -0.122. The molecule has 0 aliphatic carbocycles. The quantitative estimate of drug-likeness (QED) is 0.715. The molecule has 1 fully saturated rings. The zero-order valence-electron chi connectivity index (χ0n) is 11.7. The molecule has 0 radical (unpaired) electrons. The number of carbonyl (C=O) groups is 2. The minimum atomic E-state index is -0.276. The topological polar surface area (TPSA) is 37.4 Å². The normalized spacial score (nSPS) is 17.4. The van der Waals surface area contributed by atoms with Crippen molar-refractivity contribution in [2.24, 2.45) is 5.92 Å². The van der Waals surface area contributed by atoms with Crippen LogP contribution in [0.2, 0.25) is 10.0 Å². The summed E-state index contributed by atoms with van der Waals surface area (Å²) in [6.07, 6.45) is 2.38. The Kier molecular flexibility index (Phi) is 5.36. The van der Waals surface area contributed by atoms with E-state index < -0.39 is 0 Å². The average molecular weight is 344 g/mol. The molecule has 6 heteroatoms. The van der Waals surface area contributed by atoms with Crippen LogP contribution in [0.3, 0.4) is 0 Å². The van der Waals surface area contributed by atoms with Gasteiger partial charge >= 0.3 is 0 Å². The van der Waals surface area contributed by atoms with E-state index in [-0.39, 0.29) is 11.1 Å². The molecule has 1 aliphatic rings. The zero-order chi connectivity index (χ0) is 15.6. The van der Waals surface area contributed by atoms with Crippen LogP contribution in [0.25, 0.3) is 6.08 Å². The van der Waals surface area contributed by atoms with Gasteiger partial charge in [0.25, 0.3) is 11.1 Å². The van der Waals surface area contributed by atoms with E-state index in [4.69, 9.17) is 23.2 Å². The lowest BCUT2D eigenvalue weighted by Gasteiger charge is -2.13. The van der Waals surface area contributed by atoms with E-state index in [0.29, 0.717) is 33.0 Å². The van der Waals surface area contributed by atoms with E-state index in [1.165, 1.54) is 4.90 Å². The highest BCUT2D eigenvalue weighted by atomic mass is 35.5. The summed E-state index contributed by atoms with van der Waals surface area (Å²) in [4.78, 5) is 25.9. The van der Waals surface area contributed by atoms with Crippen LogP contribution in [0.5, 0.6) is 0 Å². The van der Waals surface area contributed by atoms with Crippen molar-refractivity contribution >= 4 is 52.2 Å². The molecule has 0 atom stereocenters. The highest BCUT2D eigenvalue weighted by Gasteiger charge is 2.34. The number of hydrogen-bond acceptors (Lipinski definition) is 3. The molecule has 112 valence electrons. The third-order valence-corrected chi connectivity index (χ3v) is 4.65. The van der Waals surface area contributed by atoms with Crippen LogP contribution >= 0.6 is 35.0 Å². The number of halogens is 2. The molecule has 3 nitrogen and oxygen atoms in total. The van der Waals surface area contributed by atoms with Gasteiger partial charge < -0.3 is 0 Å². The van der Waals surface area contributed by atoms with E-state index in [9.17, 15) is 9.59 Å². The summed E-state index contributed by atoms with van der Waals surface area (Å²) in [7, 11) is 0. The van der Waals surface area contributed by atoms with Crippen molar-refractivity contribution in [1.82, 2.24) is 4.90 Å². The van der Waals surface area contributed by atoms with Gasteiger partial charge in [-0.2, -0.15) is 0 Å². The Morgan fingerprint density at radius 3 is 2.43 bits per heavy atom. The Labute approximate surface area is 138 Å². The molecule has 21 heavy (non-hydrogen) atoms. The monoisotopic (exact) mass is 343 g/mol. The molecule has 2 rings (SSSR count). The van der Waals surface area contributed by atoms with Crippen LogP contribution in [0, 0.1) is 5.92 Å². The number of nitrogens with zero attached hydrogens (tertiary/aromatic N) is 1. The largest absolute Gasteiger partial charge is 0.293 e. The van der Waals surface area contributed by atoms with Gasteiger partial charge in [-0.15, -0.1) is 0 Å². The fourth-order valence-electron chi connectivity index (χ4n) is 1.86. The fraction of sp³-hybridized carbons (Fsp3) is 0.333. The molecule has 1 saturated heterocycles. The standard InChI is InChI=1S/C15H15Cl2NO2S/c1-9(2)6-7-18-14(19)13(21-15(18)20)8-10-11(16)4-3-5-12(10)17/h3-5,8-9H,6-7H2,1-2H3/b13-8-. The van der Waals surface area contributed by atoms with E-state index in [2.05, 4.69) is 13.8 Å². The fourth-order valence-corrected chi connectivity index (χ4v) is 3.21. The average Bonchev–Trinajstić information content (AvgIpc) is 2.67. The molecule has 1 aromatic carbocycles. The molecule has 0 unspecified atom stereocenters. The summed E-state index contributed by atoms with van der Waals surface area (Å²) in [5.74, 6) is 0.156. The highest BCUT2D eigenvalue weighted by molar-refractivity contribution is 8.18. The molecule has 0 bridgehead atoms. The van der Waals surface area contributed by atoms with Crippen LogP contribution in [0.1, 0.15) is 25.8 Å². The van der Waals surface area contributed by atoms with Crippen molar-refractivity contribution in [2.75, 3.05) is 6.54 Å². The molecular weight excluding hydrogens is 329 g/mol.